The Morgan fingerprint density at radius 2 is 1.83 bits per heavy atom. The quantitative estimate of drug-likeness (QED) is 0.838. The molecule has 0 radical (unpaired) electrons. The molecule has 3 rings (SSSR count). The molecular weight excluding hydrogens is 304 g/mol. The SMILES string of the molecule is CCc1ccccc1NC(=O)CN1CCN(C(=O)C2(N)CC2)CC1. The first-order valence-electron chi connectivity index (χ1n) is 8.70. The number of nitrogens with zero attached hydrogens (tertiary/aromatic N) is 2. The molecule has 130 valence electrons. The summed E-state index contributed by atoms with van der Waals surface area (Å²) in [6, 6.07) is 7.87. The van der Waals surface area contributed by atoms with Gasteiger partial charge >= 0.3 is 0 Å². The van der Waals surface area contributed by atoms with Crippen LogP contribution in [0, 0.1) is 0 Å². The van der Waals surface area contributed by atoms with Crippen LogP contribution in [-0.4, -0.2) is 59.9 Å². The summed E-state index contributed by atoms with van der Waals surface area (Å²) in [4.78, 5) is 28.4. The molecule has 0 bridgehead atoms. The third-order valence-electron chi connectivity index (χ3n) is 4.91. The summed E-state index contributed by atoms with van der Waals surface area (Å²) in [5.74, 6) is 0.0663. The van der Waals surface area contributed by atoms with Crippen molar-refractivity contribution in [3.63, 3.8) is 0 Å². The Balaban J connectivity index is 1.47. The zero-order chi connectivity index (χ0) is 17.2. The van der Waals surface area contributed by atoms with E-state index in [4.69, 9.17) is 5.73 Å². The van der Waals surface area contributed by atoms with E-state index >= 15 is 0 Å². The number of nitrogens with two attached hydrogens (primary N) is 1. The van der Waals surface area contributed by atoms with Crippen molar-refractivity contribution >= 4 is 17.5 Å². The summed E-state index contributed by atoms with van der Waals surface area (Å²) in [5.41, 5.74) is 7.41. The standard InChI is InChI=1S/C18H26N4O2/c1-2-14-5-3-4-6-15(14)20-16(23)13-21-9-11-22(12-10-21)17(24)18(19)7-8-18/h3-6H,2,7-13,19H2,1H3,(H,20,23). The number of carbonyl (C=O) groups excluding carboxylic acids is 2. The molecule has 0 spiro atoms. The van der Waals surface area contributed by atoms with Gasteiger partial charge in [0.2, 0.25) is 11.8 Å². The molecule has 1 saturated heterocycles. The largest absolute Gasteiger partial charge is 0.339 e. The number of nitrogens with one attached hydrogen (secondary N) is 1. The summed E-state index contributed by atoms with van der Waals surface area (Å²) in [6.07, 6.45) is 2.48. The molecule has 1 aromatic rings. The van der Waals surface area contributed by atoms with Crippen molar-refractivity contribution in [2.45, 2.75) is 31.7 Å². The van der Waals surface area contributed by atoms with Gasteiger partial charge in [0, 0.05) is 31.9 Å². The Morgan fingerprint density at radius 1 is 1.17 bits per heavy atom. The van der Waals surface area contributed by atoms with Crippen LogP contribution in [-0.2, 0) is 16.0 Å². The number of benzene rings is 1. The number of para-hydroxylation sites is 1. The Labute approximate surface area is 143 Å². The van der Waals surface area contributed by atoms with Crippen molar-refractivity contribution < 1.29 is 9.59 Å². The van der Waals surface area contributed by atoms with E-state index < -0.39 is 5.54 Å². The molecule has 1 aliphatic heterocycles. The molecule has 1 saturated carbocycles. The molecule has 1 aliphatic carbocycles. The number of hydrogen-bond acceptors (Lipinski definition) is 4. The number of amides is 2. The van der Waals surface area contributed by atoms with E-state index in [-0.39, 0.29) is 11.8 Å². The average molecular weight is 330 g/mol. The predicted molar refractivity (Wildman–Crippen MR) is 93.6 cm³/mol. The van der Waals surface area contributed by atoms with Gasteiger partial charge in [-0.15, -0.1) is 0 Å². The second kappa shape index (κ2) is 6.91. The minimum Gasteiger partial charge on any atom is -0.339 e. The lowest BCUT2D eigenvalue weighted by Gasteiger charge is -2.35. The van der Waals surface area contributed by atoms with E-state index in [2.05, 4.69) is 17.1 Å². The molecule has 1 heterocycles. The second-order valence-corrected chi connectivity index (χ2v) is 6.78. The molecule has 0 aromatic heterocycles. The molecular formula is C18H26N4O2. The maximum atomic E-state index is 12.3. The number of aryl methyl sites for hydroxylation is 1. The fourth-order valence-corrected chi connectivity index (χ4v) is 3.12. The van der Waals surface area contributed by atoms with E-state index in [0.29, 0.717) is 32.7 Å². The van der Waals surface area contributed by atoms with Gasteiger partial charge in [0.1, 0.15) is 0 Å². The number of piperazine rings is 1. The summed E-state index contributed by atoms with van der Waals surface area (Å²) in [7, 11) is 0. The van der Waals surface area contributed by atoms with Gasteiger partial charge in [-0.05, 0) is 30.9 Å². The van der Waals surface area contributed by atoms with Gasteiger partial charge < -0.3 is 16.0 Å². The highest BCUT2D eigenvalue weighted by Gasteiger charge is 2.48. The Kier molecular flexibility index (Phi) is 4.87. The summed E-state index contributed by atoms with van der Waals surface area (Å²) in [6.45, 7) is 5.15. The van der Waals surface area contributed by atoms with Gasteiger partial charge in [0.25, 0.3) is 0 Å². The van der Waals surface area contributed by atoms with E-state index in [0.717, 1.165) is 30.5 Å². The van der Waals surface area contributed by atoms with Crippen LogP contribution in [0.3, 0.4) is 0 Å². The lowest BCUT2D eigenvalue weighted by Crippen LogP contribution is -2.55. The van der Waals surface area contributed by atoms with Crippen LogP contribution < -0.4 is 11.1 Å². The molecule has 6 heteroatoms. The van der Waals surface area contributed by atoms with Crippen molar-refractivity contribution in [1.29, 1.82) is 0 Å². The molecule has 2 amide bonds. The molecule has 2 fully saturated rings. The first kappa shape index (κ1) is 16.9. The predicted octanol–water partition coefficient (Wildman–Crippen LogP) is 0.823. The van der Waals surface area contributed by atoms with Crippen LogP contribution in [0.1, 0.15) is 25.3 Å². The van der Waals surface area contributed by atoms with Gasteiger partial charge in [-0.2, -0.15) is 0 Å². The molecule has 0 unspecified atom stereocenters. The first-order chi connectivity index (χ1) is 11.5. The number of anilines is 1. The lowest BCUT2D eigenvalue weighted by molar-refractivity contribution is -0.135. The maximum Gasteiger partial charge on any atom is 0.242 e. The van der Waals surface area contributed by atoms with Crippen molar-refractivity contribution in [2.24, 2.45) is 5.73 Å². The van der Waals surface area contributed by atoms with Crippen LogP contribution in [0.5, 0.6) is 0 Å². The molecule has 6 nitrogen and oxygen atoms in total. The lowest BCUT2D eigenvalue weighted by atomic mass is 10.1. The molecule has 2 aliphatic rings. The molecule has 0 atom stereocenters. The fourth-order valence-electron chi connectivity index (χ4n) is 3.12. The molecule has 3 N–H and O–H groups in total. The topological polar surface area (TPSA) is 78.7 Å². The normalized spacial score (nSPS) is 19.8. The van der Waals surface area contributed by atoms with Crippen LogP contribution >= 0.6 is 0 Å². The van der Waals surface area contributed by atoms with Crippen molar-refractivity contribution in [3.05, 3.63) is 29.8 Å². The number of carbonyl (C=O) groups is 2. The monoisotopic (exact) mass is 330 g/mol. The second-order valence-electron chi connectivity index (χ2n) is 6.78. The van der Waals surface area contributed by atoms with Gasteiger partial charge in [-0.1, -0.05) is 25.1 Å². The van der Waals surface area contributed by atoms with Gasteiger partial charge in [0.05, 0.1) is 12.1 Å². The van der Waals surface area contributed by atoms with Crippen molar-refractivity contribution in [1.82, 2.24) is 9.80 Å². The minimum absolute atomic E-state index is 0.00633. The Bertz CT molecular complexity index is 619. The third kappa shape index (κ3) is 3.76. The Hall–Kier alpha value is -1.92. The summed E-state index contributed by atoms with van der Waals surface area (Å²) >= 11 is 0. The van der Waals surface area contributed by atoms with E-state index in [1.54, 1.807) is 0 Å². The first-order valence-corrected chi connectivity index (χ1v) is 8.70. The van der Waals surface area contributed by atoms with E-state index in [9.17, 15) is 9.59 Å². The van der Waals surface area contributed by atoms with E-state index in [1.165, 1.54) is 0 Å². The number of hydrogen-bond donors (Lipinski definition) is 2. The van der Waals surface area contributed by atoms with Gasteiger partial charge in [0.15, 0.2) is 0 Å². The Morgan fingerprint density at radius 3 is 2.46 bits per heavy atom. The maximum absolute atomic E-state index is 12.3. The average Bonchev–Trinajstić information content (AvgIpc) is 3.34. The zero-order valence-electron chi connectivity index (χ0n) is 14.3. The van der Waals surface area contributed by atoms with Gasteiger partial charge in [-0.25, -0.2) is 0 Å². The summed E-state index contributed by atoms with van der Waals surface area (Å²) < 4.78 is 0. The highest BCUT2D eigenvalue weighted by molar-refractivity contribution is 5.93. The van der Waals surface area contributed by atoms with Gasteiger partial charge in [-0.3, -0.25) is 14.5 Å². The van der Waals surface area contributed by atoms with Crippen molar-refractivity contribution in [3.8, 4) is 0 Å². The highest BCUT2D eigenvalue weighted by Crippen LogP contribution is 2.34. The minimum atomic E-state index is -0.594. The van der Waals surface area contributed by atoms with Crippen LogP contribution in [0.25, 0.3) is 0 Å². The van der Waals surface area contributed by atoms with Crippen LogP contribution in [0.4, 0.5) is 5.69 Å². The fraction of sp³-hybridized carbons (Fsp3) is 0.556. The number of rotatable bonds is 5. The van der Waals surface area contributed by atoms with Crippen molar-refractivity contribution in [2.75, 3.05) is 38.0 Å². The molecule has 24 heavy (non-hydrogen) atoms. The van der Waals surface area contributed by atoms with E-state index in [1.807, 2.05) is 29.2 Å². The zero-order valence-corrected chi connectivity index (χ0v) is 14.3. The van der Waals surface area contributed by atoms with Crippen LogP contribution in [0.15, 0.2) is 24.3 Å². The summed E-state index contributed by atoms with van der Waals surface area (Å²) in [5, 5.41) is 3.00. The third-order valence-corrected chi connectivity index (χ3v) is 4.91. The highest BCUT2D eigenvalue weighted by atomic mass is 16.2. The van der Waals surface area contributed by atoms with Crippen LogP contribution in [0.2, 0.25) is 0 Å². The smallest absolute Gasteiger partial charge is 0.242 e. The molecule has 1 aromatic carbocycles.